The van der Waals surface area contributed by atoms with Crippen molar-refractivity contribution in [3.05, 3.63) is 0 Å². The Morgan fingerprint density at radius 3 is 1.65 bits per heavy atom. The van der Waals surface area contributed by atoms with Crippen molar-refractivity contribution in [2.75, 3.05) is 13.2 Å². The van der Waals surface area contributed by atoms with Crippen molar-refractivity contribution in [3.63, 3.8) is 0 Å². The highest BCUT2D eigenvalue weighted by atomic mass is 16.7. The molecule has 140 valence electrons. The predicted molar refractivity (Wildman–Crippen MR) is 102 cm³/mol. The van der Waals surface area contributed by atoms with Crippen LogP contribution in [0, 0.1) is 5.92 Å². The quantitative estimate of drug-likeness (QED) is 0.209. The summed E-state index contributed by atoms with van der Waals surface area (Å²) in [6.07, 6.45) is 15.5. The zero-order valence-electron chi connectivity index (χ0n) is 16.8. The van der Waals surface area contributed by atoms with E-state index in [0.717, 1.165) is 19.6 Å². The molecule has 0 spiro atoms. The number of ether oxygens (including phenoxy) is 2. The summed E-state index contributed by atoms with van der Waals surface area (Å²) in [4.78, 5) is 0. The normalized spacial score (nSPS) is 13.4. The average molecular weight is 329 g/mol. The lowest BCUT2D eigenvalue weighted by molar-refractivity contribution is -0.266. The van der Waals surface area contributed by atoms with Crippen LogP contribution in [0.5, 0.6) is 0 Å². The van der Waals surface area contributed by atoms with Gasteiger partial charge in [0.1, 0.15) is 0 Å². The van der Waals surface area contributed by atoms with Gasteiger partial charge < -0.3 is 9.47 Å². The predicted octanol–water partition coefficient (Wildman–Crippen LogP) is 7.11. The summed E-state index contributed by atoms with van der Waals surface area (Å²) in [7, 11) is 0. The highest BCUT2D eigenvalue weighted by molar-refractivity contribution is 4.77. The fourth-order valence-electron chi connectivity index (χ4n) is 3.45. The molecule has 0 saturated carbocycles. The second-order valence-corrected chi connectivity index (χ2v) is 6.95. The first-order chi connectivity index (χ1) is 11.2. The van der Waals surface area contributed by atoms with E-state index >= 15 is 0 Å². The maximum Gasteiger partial charge on any atom is 0.170 e. The summed E-state index contributed by atoms with van der Waals surface area (Å²) < 4.78 is 12.4. The van der Waals surface area contributed by atoms with Gasteiger partial charge in [-0.1, -0.05) is 78.6 Å². The topological polar surface area (TPSA) is 18.5 Å². The van der Waals surface area contributed by atoms with Gasteiger partial charge in [-0.2, -0.15) is 0 Å². The molecule has 0 amide bonds. The Kier molecular flexibility index (Phi) is 15.4. The zero-order chi connectivity index (χ0) is 17.4. The van der Waals surface area contributed by atoms with Gasteiger partial charge in [0.15, 0.2) is 5.79 Å². The van der Waals surface area contributed by atoms with Crippen molar-refractivity contribution in [2.24, 2.45) is 5.92 Å². The Morgan fingerprint density at radius 2 is 1.13 bits per heavy atom. The van der Waals surface area contributed by atoms with E-state index in [0.29, 0.717) is 5.92 Å². The minimum atomic E-state index is -0.347. The van der Waals surface area contributed by atoms with Crippen molar-refractivity contribution < 1.29 is 9.47 Å². The van der Waals surface area contributed by atoms with Crippen LogP contribution in [0.3, 0.4) is 0 Å². The zero-order valence-corrected chi connectivity index (χ0v) is 16.8. The number of hydrogen-bond acceptors (Lipinski definition) is 2. The lowest BCUT2D eigenvalue weighted by Gasteiger charge is -2.39. The van der Waals surface area contributed by atoms with Crippen LogP contribution in [0.4, 0.5) is 0 Å². The summed E-state index contributed by atoms with van der Waals surface area (Å²) in [5.74, 6) is 0.135. The van der Waals surface area contributed by atoms with E-state index in [-0.39, 0.29) is 5.79 Å². The van der Waals surface area contributed by atoms with Gasteiger partial charge in [0, 0.05) is 25.6 Å². The minimum Gasteiger partial charge on any atom is -0.350 e. The first kappa shape index (κ1) is 22.9. The van der Waals surface area contributed by atoms with Crippen molar-refractivity contribution in [2.45, 2.75) is 117 Å². The number of unbranched alkanes of at least 4 members (excludes halogenated alkanes) is 8. The molecule has 0 aliphatic heterocycles. The van der Waals surface area contributed by atoms with E-state index in [1.165, 1.54) is 70.6 Å². The molecule has 2 heteroatoms. The first-order valence-electron chi connectivity index (χ1n) is 10.4. The maximum atomic E-state index is 6.19. The molecule has 0 aromatic carbocycles. The van der Waals surface area contributed by atoms with Gasteiger partial charge in [-0.25, -0.2) is 0 Å². The Morgan fingerprint density at radius 1 is 0.652 bits per heavy atom. The second-order valence-electron chi connectivity index (χ2n) is 6.95. The van der Waals surface area contributed by atoms with Crippen molar-refractivity contribution in [3.8, 4) is 0 Å². The lowest BCUT2D eigenvalue weighted by Crippen LogP contribution is -2.43. The molecule has 0 aliphatic rings. The fraction of sp³-hybridized carbons (Fsp3) is 1.00. The van der Waals surface area contributed by atoms with Crippen LogP contribution in [-0.2, 0) is 9.47 Å². The highest BCUT2D eigenvalue weighted by Gasteiger charge is 2.36. The van der Waals surface area contributed by atoms with Gasteiger partial charge in [-0.3, -0.25) is 0 Å². The molecule has 0 aliphatic carbocycles. The molecule has 1 unspecified atom stereocenters. The first-order valence-corrected chi connectivity index (χ1v) is 10.4. The largest absolute Gasteiger partial charge is 0.350 e. The SMILES string of the molecule is CCCCCCCCC(C)C(CCCCCC)(OCC)OCC. The molecule has 0 fully saturated rings. The average Bonchev–Trinajstić information content (AvgIpc) is 2.55. The van der Waals surface area contributed by atoms with E-state index < -0.39 is 0 Å². The van der Waals surface area contributed by atoms with Gasteiger partial charge in [-0.05, 0) is 26.7 Å². The summed E-state index contributed by atoms with van der Waals surface area (Å²) in [5.41, 5.74) is 0. The third kappa shape index (κ3) is 10.4. The van der Waals surface area contributed by atoms with Gasteiger partial charge in [0.25, 0.3) is 0 Å². The number of rotatable bonds is 17. The highest BCUT2D eigenvalue weighted by Crippen LogP contribution is 2.33. The standard InChI is InChI=1S/C21H44O2/c1-6-10-12-14-15-16-18-20(5)21(22-8-3,23-9-4)19-17-13-11-7-2/h20H,6-19H2,1-5H3. The van der Waals surface area contributed by atoms with E-state index in [9.17, 15) is 0 Å². The van der Waals surface area contributed by atoms with Crippen LogP contribution in [-0.4, -0.2) is 19.0 Å². The Hall–Kier alpha value is -0.0800. The molecule has 1 atom stereocenters. The monoisotopic (exact) mass is 328 g/mol. The molecule has 0 aromatic heterocycles. The number of hydrogen-bond donors (Lipinski definition) is 0. The van der Waals surface area contributed by atoms with E-state index in [4.69, 9.17) is 9.47 Å². The summed E-state index contributed by atoms with van der Waals surface area (Å²) >= 11 is 0. The minimum absolute atomic E-state index is 0.347. The second kappa shape index (κ2) is 15.4. The summed E-state index contributed by atoms with van der Waals surface area (Å²) in [6.45, 7) is 12.5. The Bertz CT molecular complexity index is 234. The third-order valence-corrected chi connectivity index (χ3v) is 4.90. The van der Waals surface area contributed by atoms with Crippen molar-refractivity contribution in [1.29, 1.82) is 0 Å². The van der Waals surface area contributed by atoms with Crippen LogP contribution in [0.25, 0.3) is 0 Å². The molecule has 0 heterocycles. The van der Waals surface area contributed by atoms with E-state index in [1.807, 2.05) is 0 Å². The van der Waals surface area contributed by atoms with Crippen LogP contribution in [0.1, 0.15) is 112 Å². The van der Waals surface area contributed by atoms with E-state index in [1.54, 1.807) is 0 Å². The van der Waals surface area contributed by atoms with Crippen molar-refractivity contribution >= 4 is 0 Å². The van der Waals surface area contributed by atoms with E-state index in [2.05, 4.69) is 34.6 Å². The van der Waals surface area contributed by atoms with Gasteiger partial charge in [0.2, 0.25) is 0 Å². The van der Waals surface area contributed by atoms with Crippen LogP contribution >= 0.6 is 0 Å². The summed E-state index contributed by atoms with van der Waals surface area (Å²) in [6, 6.07) is 0. The molecule has 0 rings (SSSR count). The molecule has 0 N–H and O–H groups in total. The van der Waals surface area contributed by atoms with Gasteiger partial charge >= 0.3 is 0 Å². The third-order valence-electron chi connectivity index (χ3n) is 4.90. The molecule has 0 bridgehead atoms. The molecular weight excluding hydrogens is 284 g/mol. The van der Waals surface area contributed by atoms with Crippen LogP contribution in [0.15, 0.2) is 0 Å². The van der Waals surface area contributed by atoms with Gasteiger partial charge in [-0.15, -0.1) is 0 Å². The summed E-state index contributed by atoms with van der Waals surface area (Å²) in [5, 5.41) is 0. The molecule has 23 heavy (non-hydrogen) atoms. The molecular formula is C21H44O2. The van der Waals surface area contributed by atoms with Crippen molar-refractivity contribution in [1.82, 2.24) is 0 Å². The Labute approximate surface area is 146 Å². The van der Waals surface area contributed by atoms with Gasteiger partial charge in [0.05, 0.1) is 0 Å². The molecule has 0 radical (unpaired) electrons. The lowest BCUT2D eigenvalue weighted by atomic mass is 9.89. The fourth-order valence-corrected chi connectivity index (χ4v) is 3.45. The Balaban J connectivity index is 4.37. The molecule has 0 aromatic rings. The smallest absolute Gasteiger partial charge is 0.170 e. The molecule has 0 saturated heterocycles. The van der Waals surface area contributed by atoms with Crippen LogP contribution < -0.4 is 0 Å². The van der Waals surface area contributed by atoms with Crippen LogP contribution in [0.2, 0.25) is 0 Å². The maximum absolute atomic E-state index is 6.19. The molecule has 2 nitrogen and oxygen atoms in total.